The van der Waals surface area contributed by atoms with Crippen molar-refractivity contribution in [2.45, 2.75) is 43.6 Å². The first-order valence-electron chi connectivity index (χ1n) is 11.2. The summed E-state index contributed by atoms with van der Waals surface area (Å²) in [4.78, 5) is 38.5. The lowest BCUT2D eigenvalue weighted by Gasteiger charge is -2.29. The Morgan fingerprint density at radius 3 is 2.24 bits per heavy atom. The number of nitrogens with one attached hydrogen (secondary N) is 1. The fourth-order valence-electron chi connectivity index (χ4n) is 4.75. The van der Waals surface area contributed by atoms with E-state index in [1.807, 2.05) is 48.5 Å². The molecule has 1 aliphatic heterocycles. The molecule has 4 rings (SSSR count). The van der Waals surface area contributed by atoms with Gasteiger partial charge in [0.25, 0.3) is 0 Å². The topological polar surface area (TPSA) is 125 Å². The average Bonchev–Trinajstić information content (AvgIpc) is 3.38. The van der Waals surface area contributed by atoms with Gasteiger partial charge in [0.05, 0.1) is 12.2 Å². The maximum absolute atomic E-state index is 13.1. The zero-order valence-electron chi connectivity index (χ0n) is 19.0. The average molecular weight is 469 g/mol. The summed E-state index contributed by atoms with van der Waals surface area (Å²) in [7, 11) is 1.39. The Balaban J connectivity index is 1.46. The van der Waals surface area contributed by atoms with E-state index in [-0.39, 0.29) is 25.5 Å². The second-order valence-electron chi connectivity index (χ2n) is 8.62. The zero-order valence-corrected chi connectivity index (χ0v) is 19.0. The van der Waals surface area contributed by atoms with E-state index in [1.54, 1.807) is 6.92 Å². The van der Waals surface area contributed by atoms with Crippen molar-refractivity contribution in [2.24, 2.45) is 0 Å². The third kappa shape index (κ3) is 4.49. The van der Waals surface area contributed by atoms with Crippen molar-refractivity contribution in [3.8, 4) is 11.1 Å². The molecule has 9 nitrogen and oxygen atoms in total. The predicted molar refractivity (Wildman–Crippen MR) is 122 cm³/mol. The molecule has 9 heteroatoms. The van der Waals surface area contributed by atoms with Gasteiger partial charge in [-0.3, -0.25) is 4.79 Å². The quantitative estimate of drug-likeness (QED) is 0.567. The number of amides is 2. The Bertz CT molecular complexity index is 1040. The summed E-state index contributed by atoms with van der Waals surface area (Å²) in [6.07, 6.45) is -2.57. The molecule has 2 aromatic carbocycles. The number of hydrogen-bond acceptors (Lipinski definition) is 6. The van der Waals surface area contributed by atoms with Gasteiger partial charge in [0.2, 0.25) is 5.91 Å². The number of carbonyl (C=O) groups excluding carboxylic acids is 2. The number of carboxylic acids is 1. The molecule has 3 N–H and O–H groups in total. The number of hydrogen-bond donors (Lipinski definition) is 3. The van der Waals surface area contributed by atoms with Crippen LogP contribution in [0.4, 0.5) is 4.79 Å². The molecule has 1 saturated heterocycles. The molecule has 0 saturated carbocycles. The van der Waals surface area contributed by atoms with Crippen molar-refractivity contribution in [3.63, 3.8) is 0 Å². The van der Waals surface area contributed by atoms with Crippen LogP contribution in [0.15, 0.2) is 48.5 Å². The number of alkyl carbamates (subject to hydrolysis) is 1. The minimum atomic E-state index is -1.21. The van der Waals surface area contributed by atoms with Gasteiger partial charge in [-0.05, 0) is 29.2 Å². The van der Waals surface area contributed by atoms with Crippen LogP contribution in [0.2, 0.25) is 0 Å². The highest BCUT2D eigenvalue weighted by molar-refractivity contribution is 5.90. The van der Waals surface area contributed by atoms with Crippen LogP contribution in [-0.4, -0.2) is 77.6 Å². The number of carboxylic acid groups (broad SMARTS) is 1. The fourth-order valence-corrected chi connectivity index (χ4v) is 4.75. The number of aliphatic hydroxyl groups is 1. The van der Waals surface area contributed by atoms with Crippen molar-refractivity contribution in [1.82, 2.24) is 10.2 Å². The molecule has 4 atom stereocenters. The number of rotatable bonds is 7. The standard InChI is InChI=1S/C25H28N2O7/c1-14(33-2)22(23(29)27-12-15(28)11-21(27)24(30)31)26-25(32)34-13-20-18-9-5-3-7-16(18)17-8-4-6-10-19(17)20/h3-10,14-15,20-22,28H,11-13H2,1-2H3,(H,26,32)(H,30,31)/t14-,15+,21+,22+/m1/s1. The van der Waals surface area contributed by atoms with Gasteiger partial charge >= 0.3 is 12.1 Å². The summed E-state index contributed by atoms with van der Waals surface area (Å²) in [5.41, 5.74) is 4.32. The maximum Gasteiger partial charge on any atom is 0.407 e. The lowest BCUT2D eigenvalue weighted by atomic mass is 9.98. The number of fused-ring (bicyclic) bond motifs is 3. The van der Waals surface area contributed by atoms with Crippen LogP contribution in [0.3, 0.4) is 0 Å². The molecule has 0 unspecified atom stereocenters. The maximum atomic E-state index is 13.1. The Labute approximate surface area is 197 Å². The fraction of sp³-hybridized carbons (Fsp3) is 0.400. The second kappa shape index (κ2) is 9.82. The Morgan fingerprint density at radius 1 is 1.09 bits per heavy atom. The van der Waals surface area contributed by atoms with Crippen LogP contribution < -0.4 is 5.32 Å². The predicted octanol–water partition coefficient (Wildman–Crippen LogP) is 1.97. The minimum absolute atomic E-state index is 0.0693. The lowest BCUT2D eigenvalue weighted by molar-refractivity contribution is -0.150. The first kappa shape index (κ1) is 23.7. The molecule has 0 radical (unpaired) electrons. The van der Waals surface area contributed by atoms with E-state index in [0.717, 1.165) is 27.2 Å². The van der Waals surface area contributed by atoms with Gasteiger partial charge in [-0.15, -0.1) is 0 Å². The number of methoxy groups -OCH3 is 1. The summed E-state index contributed by atoms with van der Waals surface area (Å²) in [5.74, 6) is -2.00. The highest BCUT2D eigenvalue weighted by Gasteiger charge is 2.43. The van der Waals surface area contributed by atoms with E-state index >= 15 is 0 Å². The van der Waals surface area contributed by atoms with Crippen LogP contribution in [-0.2, 0) is 19.1 Å². The van der Waals surface area contributed by atoms with Crippen molar-refractivity contribution in [3.05, 3.63) is 59.7 Å². The van der Waals surface area contributed by atoms with Gasteiger partial charge in [-0.2, -0.15) is 0 Å². The van der Waals surface area contributed by atoms with Gasteiger partial charge in [0.15, 0.2) is 0 Å². The van der Waals surface area contributed by atoms with Gasteiger partial charge in [0.1, 0.15) is 18.7 Å². The molecule has 1 aliphatic carbocycles. The van der Waals surface area contributed by atoms with Crippen molar-refractivity contribution >= 4 is 18.0 Å². The third-order valence-electron chi connectivity index (χ3n) is 6.57. The van der Waals surface area contributed by atoms with Gasteiger partial charge < -0.3 is 29.9 Å². The summed E-state index contributed by atoms with van der Waals surface area (Å²) >= 11 is 0. The molecule has 2 amide bonds. The zero-order chi connectivity index (χ0) is 24.4. The second-order valence-corrected chi connectivity index (χ2v) is 8.62. The van der Waals surface area contributed by atoms with E-state index in [2.05, 4.69) is 5.32 Å². The summed E-state index contributed by atoms with van der Waals surface area (Å²) < 4.78 is 10.8. The Morgan fingerprint density at radius 2 is 1.68 bits per heavy atom. The normalized spacial score (nSPS) is 20.9. The van der Waals surface area contributed by atoms with E-state index in [9.17, 15) is 24.6 Å². The lowest BCUT2D eigenvalue weighted by Crippen LogP contribution is -2.56. The smallest absolute Gasteiger partial charge is 0.407 e. The molecule has 2 aliphatic rings. The highest BCUT2D eigenvalue weighted by Crippen LogP contribution is 2.44. The Hall–Kier alpha value is -3.43. The number of aliphatic carboxylic acids is 1. The molecule has 2 aromatic rings. The van der Waals surface area contributed by atoms with Gasteiger partial charge in [-0.25, -0.2) is 9.59 Å². The molecule has 180 valence electrons. The first-order valence-corrected chi connectivity index (χ1v) is 11.2. The summed E-state index contributed by atoms with van der Waals surface area (Å²) in [6.45, 7) is 1.53. The SMILES string of the molecule is CO[C@H](C)[C@H](NC(=O)OCC1c2ccccc2-c2ccccc21)C(=O)N1C[C@@H](O)C[C@H]1C(=O)O. The minimum Gasteiger partial charge on any atom is -0.480 e. The van der Waals surface area contributed by atoms with E-state index in [4.69, 9.17) is 9.47 Å². The molecular formula is C25H28N2O7. The molecule has 34 heavy (non-hydrogen) atoms. The number of aliphatic hydroxyl groups excluding tert-OH is 1. The molecule has 0 spiro atoms. The van der Waals surface area contributed by atoms with Crippen molar-refractivity contribution < 1.29 is 34.1 Å². The first-order chi connectivity index (χ1) is 16.3. The molecule has 1 fully saturated rings. The van der Waals surface area contributed by atoms with E-state index in [0.29, 0.717) is 0 Å². The van der Waals surface area contributed by atoms with E-state index in [1.165, 1.54) is 7.11 Å². The molecule has 0 aromatic heterocycles. The van der Waals surface area contributed by atoms with Crippen molar-refractivity contribution in [2.75, 3.05) is 20.3 Å². The monoisotopic (exact) mass is 468 g/mol. The number of ether oxygens (including phenoxy) is 2. The number of carbonyl (C=O) groups is 3. The van der Waals surface area contributed by atoms with Gasteiger partial charge in [-0.1, -0.05) is 48.5 Å². The van der Waals surface area contributed by atoms with E-state index < -0.39 is 42.3 Å². The summed E-state index contributed by atoms with van der Waals surface area (Å²) in [5, 5.41) is 21.9. The van der Waals surface area contributed by atoms with Gasteiger partial charge in [0, 0.05) is 26.0 Å². The van der Waals surface area contributed by atoms with Crippen LogP contribution in [0.1, 0.15) is 30.4 Å². The largest absolute Gasteiger partial charge is 0.480 e. The van der Waals surface area contributed by atoms with Crippen LogP contribution in [0.5, 0.6) is 0 Å². The molecule has 0 bridgehead atoms. The number of likely N-dealkylation sites (tertiary alicyclic amines) is 1. The van der Waals surface area contributed by atoms with Crippen molar-refractivity contribution in [1.29, 1.82) is 0 Å². The third-order valence-corrected chi connectivity index (χ3v) is 6.57. The van der Waals surface area contributed by atoms with Crippen LogP contribution in [0.25, 0.3) is 11.1 Å². The molecular weight excluding hydrogens is 440 g/mol. The number of nitrogens with zero attached hydrogens (tertiary/aromatic N) is 1. The molecule has 1 heterocycles. The number of β-amino-alcohol motifs (C(OH)–C–C–N with tert-alkyl or cyclic N) is 1. The Kier molecular flexibility index (Phi) is 6.85. The highest BCUT2D eigenvalue weighted by atomic mass is 16.5. The number of benzene rings is 2. The van der Waals surface area contributed by atoms with Crippen LogP contribution in [0, 0.1) is 0 Å². The summed E-state index contributed by atoms with van der Waals surface area (Å²) in [6, 6.07) is 13.6. The van der Waals surface area contributed by atoms with Crippen LogP contribution >= 0.6 is 0 Å².